The topological polar surface area (TPSA) is 67.6 Å². The summed E-state index contributed by atoms with van der Waals surface area (Å²) in [6.45, 7) is 4.76. The molecule has 1 saturated carbocycles. The van der Waals surface area contributed by atoms with Crippen molar-refractivity contribution in [1.82, 2.24) is 10.2 Å². The van der Waals surface area contributed by atoms with Gasteiger partial charge in [-0.3, -0.25) is 9.69 Å². The first kappa shape index (κ1) is 14.4. The minimum atomic E-state index is -0.509. The van der Waals surface area contributed by atoms with Crippen LogP contribution < -0.4 is 11.1 Å². The van der Waals surface area contributed by atoms with E-state index in [1.165, 1.54) is 0 Å². The molecule has 0 saturated heterocycles. The van der Waals surface area contributed by atoms with E-state index in [1.807, 2.05) is 7.05 Å². The number of methoxy groups -OCH3 is 1. The Balaban J connectivity index is 2.60. The first-order chi connectivity index (χ1) is 8.09. The summed E-state index contributed by atoms with van der Waals surface area (Å²) in [5.41, 5.74) is 4.99. The molecule has 1 aliphatic carbocycles. The number of nitrogens with zero attached hydrogens (tertiary/aromatic N) is 1. The van der Waals surface area contributed by atoms with Gasteiger partial charge >= 0.3 is 0 Å². The zero-order valence-electron chi connectivity index (χ0n) is 11.2. The lowest BCUT2D eigenvalue weighted by atomic mass is 9.96. The van der Waals surface area contributed by atoms with Gasteiger partial charge in [-0.2, -0.15) is 0 Å². The van der Waals surface area contributed by atoms with Gasteiger partial charge in [0.2, 0.25) is 5.91 Å². The van der Waals surface area contributed by atoms with Crippen LogP contribution in [0.2, 0.25) is 0 Å². The molecule has 1 aliphatic rings. The highest BCUT2D eigenvalue weighted by molar-refractivity contribution is 5.85. The van der Waals surface area contributed by atoms with Crippen molar-refractivity contribution in [3.63, 3.8) is 0 Å². The van der Waals surface area contributed by atoms with Gasteiger partial charge in [-0.05, 0) is 32.9 Å². The molecule has 0 aromatic heterocycles. The SMILES string of the molecule is CCN(CCOC)C1CCC(NC)(C(N)=O)C1. The Bertz CT molecular complexity index is 260. The van der Waals surface area contributed by atoms with Crippen molar-refractivity contribution in [2.75, 3.05) is 33.9 Å². The van der Waals surface area contributed by atoms with E-state index in [9.17, 15) is 4.79 Å². The predicted octanol–water partition coefficient (Wildman–Crippen LogP) is -0.0493. The summed E-state index contributed by atoms with van der Waals surface area (Å²) in [5.74, 6) is -0.231. The Morgan fingerprint density at radius 1 is 1.65 bits per heavy atom. The summed E-state index contributed by atoms with van der Waals surface area (Å²) in [5, 5.41) is 3.11. The average Bonchev–Trinajstić information content (AvgIpc) is 2.76. The van der Waals surface area contributed by atoms with E-state index >= 15 is 0 Å². The first-order valence-electron chi connectivity index (χ1n) is 6.31. The van der Waals surface area contributed by atoms with Crippen LogP contribution in [0.15, 0.2) is 0 Å². The number of likely N-dealkylation sites (N-methyl/N-ethyl adjacent to an activating group) is 2. The van der Waals surface area contributed by atoms with Gasteiger partial charge < -0.3 is 15.8 Å². The Labute approximate surface area is 104 Å². The number of amides is 1. The molecular formula is C12H25N3O2. The number of primary amides is 1. The highest BCUT2D eigenvalue weighted by Crippen LogP contribution is 2.32. The summed E-state index contributed by atoms with van der Waals surface area (Å²) in [6, 6.07) is 0.426. The number of rotatable bonds is 7. The van der Waals surface area contributed by atoms with E-state index in [0.29, 0.717) is 6.04 Å². The number of carbonyl (C=O) groups excluding carboxylic acids is 1. The smallest absolute Gasteiger partial charge is 0.237 e. The van der Waals surface area contributed by atoms with Gasteiger partial charge in [0.15, 0.2) is 0 Å². The third-order valence-electron chi connectivity index (χ3n) is 3.94. The zero-order chi connectivity index (χ0) is 12.9. The van der Waals surface area contributed by atoms with E-state index in [1.54, 1.807) is 7.11 Å². The zero-order valence-corrected chi connectivity index (χ0v) is 11.2. The molecule has 2 atom stereocenters. The molecule has 5 nitrogen and oxygen atoms in total. The molecule has 1 rings (SSSR count). The minimum absolute atomic E-state index is 0.231. The van der Waals surface area contributed by atoms with Crippen molar-refractivity contribution in [2.24, 2.45) is 5.73 Å². The first-order valence-corrected chi connectivity index (χ1v) is 6.31. The highest BCUT2D eigenvalue weighted by atomic mass is 16.5. The van der Waals surface area contributed by atoms with Crippen LogP contribution in [0.5, 0.6) is 0 Å². The van der Waals surface area contributed by atoms with Crippen molar-refractivity contribution in [2.45, 2.75) is 37.8 Å². The van der Waals surface area contributed by atoms with Gasteiger partial charge in [0, 0.05) is 19.7 Å². The van der Waals surface area contributed by atoms with Crippen LogP contribution in [0.25, 0.3) is 0 Å². The van der Waals surface area contributed by atoms with Crippen molar-refractivity contribution in [3.05, 3.63) is 0 Å². The van der Waals surface area contributed by atoms with Crippen LogP contribution >= 0.6 is 0 Å². The number of hydrogen-bond donors (Lipinski definition) is 2. The molecule has 0 aromatic carbocycles. The Kier molecular flexibility index (Phi) is 5.36. The minimum Gasteiger partial charge on any atom is -0.383 e. The van der Waals surface area contributed by atoms with E-state index in [2.05, 4.69) is 17.1 Å². The predicted molar refractivity (Wildman–Crippen MR) is 67.7 cm³/mol. The molecule has 0 aliphatic heterocycles. The molecule has 0 radical (unpaired) electrons. The molecule has 100 valence electrons. The van der Waals surface area contributed by atoms with Crippen LogP contribution in [0, 0.1) is 0 Å². The van der Waals surface area contributed by atoms with Crippen LogP contribution in [0.3, 0.4) is 0 Å². The van der Waals surface area contributed by atoms with Crippen LogP contribution in [0.1, 0.15) is 26.2 Å². The lowest BCUT2D eigenvalue weighted by Gasteiger charge is -2.30. The van der Waals surface area contributed by atoms with Gasteiger partial charge in [-0.15, -0.1) is 0 Å². The standard InChI is InChI=1S/C12H25N3O2/c1-4-15(7-8-17-3)10-5-6-12(9-10,14-2)11(13)16/h10,14H,4-9H2,1-3H3,(H2,13,16). The van der Waals surface area contributed by atoms with Crippen LogP contribution in [0.4, 0.5) is 0 Å². The summed E-state index contributed by atoms with van der Waals surface area (Å²) in [4.78, 5) is 13.9. The monoisotopic (exact) mass is 243 g/mol. The molecule has 0 spiro atoms. The van der Waals surface area contributed by atoms with E-state index in [0.717, 1.165) is 39.0 Å². The molecule has 17 heavy (non-hydrogen) atoms. The molecule has 3 N–H and O–H groups in total. The van der Waals surface area contributed by atoms with Crippen LogP contribution in [-0.2, 0) is 9.53 Å². The average molecular weight is 243 g/mol. The lowest BCUT2D eigenvalue weighted by molar-refractivity contribution is -0.124. The molecular weight excluding hydrogens is 218 g/mol. The largest absolute Gasteiger partial charge is 0.383 e. The fourth-order valence-corrected chi connectivity index (χ4v) is 2.71. The maximum Gasteiger partial charge on any atom is 0.237 e. The van der Waals surface area contributed by atoms with Gasteiger partial charge in [0.1, 0.15) is 0 Å². The normalized spacial score (nSPS) is 28.8. The van der Waals surface area contributed by atoms with Gasteiger partial charge in [-0.25, -0.2) is 0 Å². The van der Waals surface area contributed by atoms with Crippen molar-refractivity contribution >= 4 is 5.91 Å². The number of nitrogens with two attached hydrogens (primary N) is 1. The molecule has 0 bridgehead atoms. The van der Waals surface area contributed by atoms with Crippen molar-refractivity contribution < 1.29 is 9.53 Å². The second-order valence-electron chi connectivity index (χ2n) is 4.71. The Hall–Kier alpha value is -0.650. The third kappa shape index (κ3) is 3.18. The summed E-state index contributed by atoms with van der Waals surface area (Å²) >= 11 is 0. The van der Waals surface area contributed by atoms with Crippen molar-refractivity contribution in [1.29, 1.82) is 0 Å². The lowest BCUT2D eigenvalue weighted by Crippen LogP contribution is -2.53. The van der Waals surface area contributed by atoms with Crippen LogP contribution in [-0.4, -0.2) is 56.2 Å². The molecule has 0 aromatic rings. The second kappa shape index (κ2) is 6.33. The quantitative estimate of drug-likeness (QED) is 0.658. The van der Waals surface area contributed by atoms with Gasteiger partial charge in [-0.1, -0.05) is 6.92 Å². The maximum atomic E-state index is 11.5. The molecule has 1 fully saturated rings. The number of hydrogen-bond acceptors (Lipinski definition) is 4. The van der Waals surface area contributed by atoms with Gasteiger partial charge in [0.05, 0.1) is 12.1 Å². The highest BCUT2D eigenvalue weighted by Gasteiger charge is 2.44. The van der Waals surface area contributed by atoms with E-state index in [4.69, 9.17) is 10.5 Å². The summed E-state index contributed by atoms with van der Waals surface area (Å²) in [7, 11) is 3.53. The molecule has 0 heterocycles. The number of nitrogens with one attached hydrogen (secondary N) is 1. The fraction of sp³-hybridized carbons (Fsp3) is 0.917. The fourth-order valence-electron chi connectivity index (χ4n) is 2.71. The summed E-state index contributed by atoms with van der Waals surface area (Å²) in [6.07, 6.45) is 2.64. The second-order valence-corrected chi connectivity index (χ2v) is 4.71. The Morgan fingerprint density at radius 3 is 2.76 bits per heavy atom. The number of ether oxygens (including phenoxy) is 1. The van der Waals surface area contributed by atoms with Crippen molar-refractivity contribution in [3.8, 4) is 0 Å². The third-order valence-corrected chi connectivity index (χ3v) is 3.94. The van der Waals surface area contributed by atoms with E-state index < -0.39 is 5.54 Å². The maximum absolute atomic E-state index is 11.5. The molecule has 1 amide bonds. The Morgan fingerprint density at radius 2 is 2.35 bits per heavy atom. The molecule has 5 heteroatoms. The summed E-state index contributed by atoms with van der Waals surface area (Å²) < 4.78 is 5.11. The molecule has 2 unspecified atom stereocenters. The van der Waals surface area contributed by atoms with E-state index in [-0.39, 0.29) is 5.91 Å². The number of carbonyl (C=O) groups is 1. The van der Waals surface area contributed by atoms with Gasteiger partial charge in [0.25, 0.3) is 0 Å².